The number of rotatable bonds is 1. The van der Waals surface area contributed by atoms with Crippen LogP contribution in [0.5, 0.6) is 0 Å². The van der Waals surface area contributed by atoms with Gasteiger partial charge in [0.05, 0.1) is 0 Å². The first-order valence-electron chi connectivity index (χ1n) is 2.84. The Kier molecular flexibility index (Phi) is 4.71. The lowest BCUT2D eigenvalue weighted by Crippen LogP contribution is -1.90. The summed E-state index contributed by atoms with van der Waals surface area (Å²) in [5.41, 5.74) is 1.24. The lowest BCUT2D eigenvalue weighted by Gasteiger charge is -2.03. The molecule has 0 fully saturated rings. The van der Waals surface area contributed by atoms with Crippen LogP contribution in [-0.4, -0.2) is 0 Å². The fourth-order valence-electron chi connectivity index (χ4n) is 0.700. The molecule has 1 rings (SSSR count). The molecule has 1 aromatic carbocycles. The average Bonchev–Trinajstić information content (AvgIpc) is 1.85. The van der Waals surface area contributed by atoms with Crippen molar-refractivity contribution in [2.75, 3.05) is 0 Å². The predicted octanol–water partition coefficient (Wildman–Crippen LogP) is 4.24. The van der Waals surface area contributed by atoms with Crippen molar-refractivity contribution in [1.29, 1.82) is 0 Å². The topological polar surface area (TPSA) is 0 Å². The average molecular weight is 504 g/mol. The molecule has 0 aliphatic rings. The fourth-order valence-corrected chi connectivity index (χ4v) is 5.40. The first-order valence-corrected chi connectivity index (χ1v) is 6.61. The summed E-state index contributed by atoms with van der Waals surface area (Å²) in [4.78, 5) is 0. The molecule has 0 unspecified atom stereocenters. The highest BCUT2D eigenvalue weighted by Gasteiger charge is 2.04. The van der Waals surface area contributed by atoms with Gasteiger partial charge in [0.1, 0.15) is 0 Å². The molecule has 60 valence electrons. The highest BCUT2D eigenvalue weighted by atomic mass is 127. The van der Waals surface area contributed by atoms with Gasteiger partial charge in [-0.1, -0.05) is 0 Å². The minimum absolute atomic E-state index is 0.605. The van der Waals surface area contributed by atoms with Gasteiger partial charge in [-0.05, 0) is 85.5 Å². The highest BCUT2D eigenvalue weighted by Crippen LogP contribution is 2.23. The van der Waals surface area contributed by atoms with Crippen molar-refractivity contribution in [2.24, 2.45) is 0 Å². The summed E-state index contributed by atoms with van der Waals surface area (Å²) in [7, 11) is 0. The largest absolute Gasteiger partial charge is 0.121 e. The standard InChI is InChI=1S/C7H4ClI3/c8-3-5-6(10)1-4(9)2-7(5)11/h1-2H,3H2. The van der Waals surface area contributed by atoms with E-state index in [1.807, 2.05) is 0 Å². The molecule has 0 aliphatic carbocycles. The van der Waals surface area contributed by atoms with Gasteiger partial charge in [-0.3, -0.25) is 0 Å². The summed E-state index contributed by atoms with van der Waals surface area (Å²) in [5, 5.41) is 0. The van der Waals surface area contributed by atoms with Crippen LogP contribution >= 0.6 is 79.4 Å². The van der Waals surface area contributed by atoms with Crippen LogP contribution in [0.2, 0.25) is 0 Å². The quantitative estimate of drug-likeness (QED) is 0.397. The van der Waals surface area contributed by atoms with E-state index < -0.39 is 0 Å². The summed E-state index contributed by atoms with van der Waals surface area (Å²) in [6.07, 6.45) is 0. The molecule has 0 amide bonds. The van der Waals surface area contributed by atoms with E-state index in [2.05, 4.69) is 79.9 Å². The zero-order chi connectivity index (χ0) is 8.43. The van der Waals surface area contributed by atoms with Gasteiger partial charge in [-0.25, -0.2) is 0 Å². The van der Waals surface area contributed by atoms with Crippen LogP contribution in [0, 0.1) is 10.7 Å². The second-order valence-corrected chi connectivity index (χ2v) is 5.82. The van der Waals surface area contributed by atoms with Crippen molar-refractivity contribution < 1.29 is 0 Å². The smallest absolute Gasteiger partial charge is 0.0495 e. The normalized spacial score (nSPS) is 10.2. The van der Waals surface area contributed by atoms with Crippen molar-refractivity contribution in [2.45, 2.75) is 5.88 Å². The minimum atomic E-state index is 0.605. The Balaban J connectivity index is 3.25. The Morgan fingerprint density at radius 1 is 1.09 bits per heavy atom. The monoisotopic (exact) mass is 504 g/mol. The minimum Gasteiger partial charge on any atom is -0.121 e. The molecule has 0 bridgehead atoms. The molecule has 0 aliphatic heterocycles. The van der Waals surface area contributed by atoms with Crippen molar-refractivity contribution in [1.82, 2.24) is 0 Å². The number of hydrogen-bond donors (Lipinski definition) is 0. The number of halogens is 4. The third-order valence-corrected chi connectivity index (χ3v) is 4.05. The molecule has 0 saturated carbocycles. The molecular weight excluding hydrogens is 500 g/mol. The maximum absolute atomic E-state index is 5.78. The van der Waals surface area contributed by atoms with Crippen LogP contribution in [0.15, 0.2) is 12.1 Å². The Bertz CT molecular complexity index is 249. The molecule has 4 heteroatoms. The van der Waals surface area contributed by atoms with Crippen LogP contribution in [0.3, 0.4) is 0 Å². The van der Waals surface area contributed by atoms with Gasteiger partial charge in [-0.2, -0.15) is 0 Å². The van der Waals surface area contributed by atoms with Crippen molar-refractivity contribution in [3.8, 4) is 0 Å². The third-order valence-electron chi connectivity index (χ3n) is 1.24. The second kappa shape index (κ2) is 4.80. The molecule has 0 atom stereocenters. The van der Waals surface area contributed by atoms with Crippen LogP contribution in [0.25, 0.3) is 0 Å². The summed E-state index contributed by atoms with van der Waals surface area (Å²) < 4.78 is 3.79. The highest BCUT2D eigenvalue weighted by molar-refractivity contribution is 14.1. The second-order valence-electron chi connectivity index (χ2n) is 1.98. The van der Waals surface area contributed by atoms with Crippen molar-refractivity contribution in [3.05, 3.63) is 28.4 Å². The van der Waals surface area contributed by atoms with E-state index in [1.165, 1.54) is 16.3 Å². The molecule has 0 spiro atoms. The SMILES string of the molecule is ClCc1c(I)cc(I)cc1I. The van der Waals surface area contributed by atoms with Crippen LogP contribution in [0.1, 0.15) is 5.56 Å². The maximum atomic E-state index is 5.78. The fraction of sp³-hybridized carbons (Fsp3) is 0.143. The van der Waals surface area contributed by atoms with E-state index in [4.69, 9.17) is 11.6 Å². The van der Waals surface area contributed by atoms with E-state index in [0.717, 1.165) is 0 Å². The van der Waals surface area contributed by atoms with Gasteiger partial charge in [0.2, 0.25) is 0 Å². The van der Waals surface area contributed by atoms with Crippen molar-refractivity contribution >= 4 is 79.4 Å². The van der Waals surface area contributed by atoms with Crippen molar-refractivity contribution in [3.63, 3.8) is 0 Å². The lowest BCUT2D eigenvalue weighted by atomic mass is 10.2. The van der Waals surface area contributed by atoms with E-state index in [9.17, 15) is 0 Å². The lowest BCUT2D eigenvalue weighted by molar-refractivity contribution is 1.32. The Hall–Kier alpha value is 1.70. The molecule has 11 heavy (non-hydrogen) atoms. The molecular formula is C7H4ClI3. The summed E-state index contributed by atoms with van der Waals surface area (Å²) in [6.45, 7) is 0. The van der Waals surface area contributed by atoms with E-state index in [0.29, 0.717) is 5.88 Å². The first kappa shape index (κ1) is 10.8. The van der Waals surface area contributed by atoms with Gasteiger partial charge in [0.15, 0.2) is 0 Å². The van der Waals surface area contributed by atoms with E-state index in [-0.39, 0.29) is 0 Å². The van der Waals surface area contributed by atoms with Crippen LogP contribution in [0.4, 0.5) is 0 Å². The first-order chi connectivity index (χ1) is 5.15. The molecule has 0 radical (unpaired) electrons. The van der Waals surface area contributed by atoms with Gasteiger partial charge >= 0.3 is 0 Å². The van der Waals surface area contributed by atoms with E-state index in [1.54, 1.807) is 0 Å². The van der Waals surface area contributed by atoms with Crippen LogP contribution < -0.4 is 0 Å². The number of benzene rings is 1. The Morgan fingerprint density at radius 3 is 1.91 bits per heavy atom. The molecule has 0 saturated heterocycles. The maximum Gasteiger partial charge on any atom is 0.0495 e. The molecule has 0 N–H and O–H groups in total. The van der Waals surface area contributed by atoms with Gasteiger partial charge < -0.3 is 0 Å². The van der Waals surface area contributed by atoms with Gasteiger partial charge in [0.25, 0.3) is 0 Å². The van der Waals surface area contributed by atoms with E-state index >= 15 is 0 Å². The van der Waals surface area contributed by atoms with Gasteiger partial charge in [0, 0.05) is 16.6 Å². The molecule has 0 heterocycles. The number of alkyl halides is 1. The summed E-state index contributed by atoms with van der Waals surface area (Å²) >= 11 is 12.7. The molecule has 1 aromatic rings. The zero-order valence-corrected chi connectivity index (χ0v) is 12.6. The Labute approximate surface area is 112 Å². The summed E-state index contributed by atoms with van der Waals surface area (Å²) in [6, 6.07) is 4.28. The summed E-state index contributed by atoms with van der Waals surface area (Å²) in [5.74, 6) is 0.605. The number of hydrogen-bond acceptors (Lipinski definition) is 0. The Morgan fingerprint density at radius 2 is 1.55 bits per heavy atom. The van der Waals surface area contributed by atoms with Crippen LogP contribution in [-0.2, 0) is 5.88 Å². The third kappa shape index (κ3) is 2.84. The molecule has 0 aromatic heterocycles. The zero-order valence-electron chi connectivity index (χ0n) is 5.37. The van der Waals surface area contributed by atoms with Gasteiger partial charge in [-0.15, -0.1) is 11.6 Å². The predicted molar refractivity (Wildman–Crippen MR) is 74.2 cm³/mol. The molecule has 0 nitrogen and oxygen atoms in total.